The molecule has 0 aliphatic rings. The molecule has 1 unspecified atom stereocenters. The summed E-state index contributed by atoms with van der Waals surface area (Å²) >= 11 is 6.03. The van der Waals surface area contributed by atoms with Gasteiger partial charge in [0.2, 0.25) is 0 Å². The maximum atomic E-state index is 13.4. The van der Waals surface area contributed by atoms with Crippen molar-refractivity contribution in [2.24, 2.45) is 0 Å². The van der Waals surface area contributed by atoms with Crippen molar-refractivity contribution in [3.05, 3.63) is 70.8 Å². The van der Waals surface area contributed by atoms with Gasteiger partial charge in [-0.2, -0.15) is 0 Å². The summed E-state index contributed by atoms with van der Waals surface area (Å²) in [6.07, 6.45) is 0.0543. The van der Waals surface area contributed by atoms with Crippen LogP contribution >= 0.6 is 11.6 Å². The Bertz CT molecular complexity index is 598. The van der Waals surface area contributed by atoms with E-state index in [1.165, 1.54) is 12.1 Å². The smallest absolute Gasteiger partial charge is 0.159 e. The highest BCUT2D eigenvalue weighted by Crippen LogP contribution is 2.27. The van der Waals surface area contributed by atoms with Gasteiger partial charge >= 0.3 is 0 Å². The van der Waals surface area contributed by atoms with Gasteiger partial charge in [-0.25, -0.2) is 17.6 Å². The molecule has 0 aromatic heterocycles. The molecule has 100 valence electrons. The first kappa shape index (κ1) is 13.9. The molecule has 0 nitrogen and oxygen atoms in total. The summed E-state index contributed by atoms with van der Waals surface area (Å²) in [5.74, 6) is -3.38. The zero-order chi connectivity index (χ0) is 14.0. The number of hydrogen-bond donors (Lipinski definition) is 0. The van der Waals surface area contributed by atoms with E-state index in [9.17, 15) is 17.6 Å². The van der Waals surface area contributed by atoms with E-state index in [-0.39, 0.29) is 12.0 Å². The Morgan fingerprint density at radius 3 is 2.21 bits per heavy atom. The second kappa shape index (κ2) is 5.61. The van der Waals surface area contributed by atoms with Crippen LogP contribution in [-0.4, -0.2) is 0 Å². The quantitative estimate of drug-likeness (QED) is 0.564. The SMILES string of the molecule is Fc1ccc(CC(Cl)c2ccc(F)c(F)c2)c(F)c1. The minimum absolute atomic E-state index is 0.0543. The fourth-order valence-electron chi connectivity index (χ4n) is 1.71. The molecule has 2 aromatic rings. The highest BCUT2D eigenvalue weighted by atomic mass is 35.5. The van der Waals surface area contributed by atoms with Crippen molar-refractivity contribution in [2.45, 2.75) is 11.8 Å². The summed E-state index contributed by atoms with van der Waals surface area (Å²) in [7, 11) is 0. The van der Waals surface area contributed by atoms with Gasteiger partial charge in [0.15, 0.2) is 11.6 Å². The Balaban J connectivity index is 2.20. The molecule has 0 spiro atoms. The third-order valence-corrected chi connectivity index (χ3v) is 3.13. The van der Waals surface area contributed by atoms with E-state index in [2.05, 4.69) is 0 Å². The highest BCUT2D eigenvalue weighted by Gasteiger charge is 2.14. The van der Waals surface area contributed by atoms with Crippen LogP contribution in [0.25, 0.3) is 0 Å². The van der Waals surface area contributed by atoms with Crippen LogP contribution in [0.5, 0.6) is 0 Å². The van der Waals surface area contributed by atoms with E-state index in [0.717, 1.165) is 24.3 Å². The summed E-state index contributed by atoms with van der Waals surface area (Å²) < 4.78 is 52.0. The van der Waals surface area contributed by atoms with Crippen LogP contribution in [0.2, 0.25) is 0 Å². The first-order valence-corrected chi connectivity index (χ1v) is 5.94. The molecule has 0 fully saturated rings. The van der Waals surface area contributed by atoms with Gasteiger partial charge in [0, 0.05) is 6.07 Å². The van der Waals surface area contributed by atoms with Gasteiger partial charge in [-0.05, 0) is 35.7 Å². The number of benzene rings is 2. The zero-order valence-corrected chi connectivity index (χ0v) is 10.4. The third-order valence-electron chi connectivity index (χ3n) is 2.72. The maximum Gasteiger partial charge on any atom is 0.159 e. The summed E-state index contributed by atoms with van der Waals surface area (Å²) in [6, 6.07) is 6.41. The first-order chi connectivity index (χ1) is 8.97. The van der Waals surface area contributed by atoms with Gasteiger partial charge in [-0.3, -0.25) is 0 Å². The van der Waals surface area contributed by atoms with Crippen molar-refractivity contribution >= 4 is 11.6 Å². The van der Waals surface area contributed by atoms with E-state index < -0.39 is 28.6 Å². The average Bonchev–Trinajstić information content (AvgIpc) is 2.36. The molecule has 0 heterocycles. The fraction of sp³-hybridized carbons (Fsp3) is 0.143. The van der Waals surface area contributed by atoms with Gasteiger partial charge in [-0.1, -0.05) is 12.1 Å². The molecule has 0 saturated heterocycles. The van der Waals surface area contributed by atoms with E-state index in [0.29, 0.717) is 5.56 Å². The van der Waals surface area contributed by atoms with Crippen LogP contribution in [0.4, 0.5) is 17.6 Å². The Kier molecular flexibility index (Phi) is 4.10. The van der Waals surface area contributed by atoms with Crippen LogP contribution in [-0.2, 0) is 6.42 Å². The lowest BCUT2D eigenvalue weighted by Crippen LogP contribution is -2.00. The highest BCUT2D eigenvalue weighted by molar-refractivity contribution is 6.20. The van der Waals surface area contributed by atoms with Crippen molar-refractivity contribution in [3.63, 3.8) is 0 Å². The molecular weight excluding hydrogens is 280 g/mol. The molecule has 0 amide bonds. The molecule has 0 aliphatic carbocycles. The van der Waals surface area contributed by atoms with E-state index in [1.807, 2.05) is 0 Å². The second-order valence-corrected chi connectivity index (χ2v) is 4.61. The van der Waals surface area contributed by atoms with Gasteiger partial charge in [0.05, 0.1) is 5.38 Å². The minimum atomic E-state index is -1.01. The first-order valence-electron chi connectivity index (χ1n) is 5.50. The summed E-state index contributed by atoms with van der Waals surface area (Å²) in [5, 5.41) is -0.727. The van der Waals surface area contributed by atoms with Crippen molar-refractivity contribution in [1.29, 1.82) is 0 Å². The van der Waals surface area contributed by atoms with Crippen molar-refractivity contribution in [3.8, 4) is 0 Å². The van der Waals surface area contributed by atoms with E-state index >= 15 is 0 Å². The van der Waals surface area contributed by atoms with Crippen molar-refractivity contribution < 1.29 is 17.6 Å². The Hall–Kier alpha value is -1.55. The lowest BCUT2D eigenvalue weighted by Gasteiger charge is -2.11. The number of rotatable bonds is 3. The molecule has 0 saturated carbocycles. The van der Waals surface area contributed by atoms with Crippen LogP contribution in [0.3, 0.4) is 0 Å². The predicted molar refractivity (Wildman–Crippen MR) is 65.0 cm³/mol. The van der Waals surface area contributed by atoms with Crippen LogP contribution in [0.15, 0.2) is 36.4 Å². The van der Waals surface area contributed by atoms with Crippen LogP contribution in [0.1, 0.15) is 16.5 Å². The van der Waals surface area contributed by atoms with Gasteiger partial charge in [0.25, 0.3) is 0 Å². The molecule has 2 rings (SSSR count). The number of alkyl halides is 1. The molecule has 1 atom stereocenters. The van der Waals surface area contributed by atoms with Crippen LogP contribution < -0.4 is 0 Å². The third kappa shape index (κ3) is 3.26. The van der Waals surface area contributed by atoms with Gasteiger partial charge in [0.1, 0.15) is 11.6 Å². The molecule has 0 radical (unpaired) electrons. The lowest BCUT2D eigenvalue weighted by molar-refractivity contribution is 0.506. The predicted octanol–water partition coefficient (Wildman–Crippen LogP) is 4.77. The second-order valence-electron chi connectivity index (χ2n) is 4.08. The minimum Gasteiger partial charge on any atom is -0.207 e. The van der Waals surface area contributed by atoms with Crippen molar-refractivity contribution in [1.82, 2.24) is 0 Å². The monoisotopic (exact) mass is 288 g/mol. The molecule has 0 aliphatic heterocycles. The molecule has 5 heteroatoms. The molecule has 0 bridgehead atoms. The normalized spacial score (nSPS) is 12.5. The van der Waals surface area contributed by atoms with Crippen LogP contribution in [0, 0.1) is 23.3 Å². The maximum absolute atomic E-state index is 13.4. The van der Waals surface area contributed by atoms with E-state index in [4.69, 9.17) is 11.6 Å². The summed E-state index contributed by atoms with van der Waals surface area (Å²) in [5.41, 5.74) is 0.551. The average molecular weight is 289 g/mol. The van der Waals surface area contributed by atoms with Gasteiger partial charge < -0.3 is 0 Å². The molecular formula is C14H9ClF4. The Morgan fingerprint density at radius 2 is 1.58 bits per heavy atom. The topological polar surface area (TPSA) is 0 Å². The summed E-state index contributed by atoms with van der Waals surface area (Å²) in [6.45, 7) is 0. The lowest BCUT2D eigenvalue weighted by atomic mass is 10.0. The standard InChI is InChI=1S/C14H9ClF4/c15-11(8-2-4-12(17)14(19)6-8)5-9-1-3-10(16)7-13(9)18/h1-4,6-7,11H,5H2. The largest absolute Gasteiger partial charge is 0.207 e. The zero-order valence-electron chi connectivity index (χ0n) is 9.64. The molecule has 0 N–H and O–H groups in total. The number of halogens is 5. The van der Waals surface area contributed by atoms with E-state index in [1.54, 1.807) is 0 Å². The van der Waals surface area contributed by atoms with Crippen molar-refractivity contribution in [2.75, 3.05) is 0 Å². The Labute approximate surface area is 112 Å². The summed E-state index contributed by atoms with van der Waals surface area (Å²) in [4.78, 5) is 0. The molecule has 19 heavy (non-hydrogen) atoms. The Morgan fingerprint density at radius 1 is 0.842 bits per heavy atom. The fourth-order valence-corrected chi connectivity index (χ4v) is 2.01. The molecule has 2 aromatic carbocycles. The van der Waals surface area contributed by atoms with Gasteiger partial charge in [-0.15, -0.1) is 11.6 Å². The number of hydrogen-bond acceptors (Lipinski definition) is 0.